The number of nitrogens with zero attached hydrogens (tertiary/aromatic N) is 3. The van der Waals surface area contributed by atoms with Crippen molar-refractivity contribution in [3.8, 4) is 0 Å². The van der Waals surface area contributed by atoms with Crippen molar-refractivity contribution < 1.29 is 14.0 Å². The van der Waals surface area contributed by atoms with E-state index in [4.69, 9.17) is 5.73 Å². The first kappa shape index (κ1) is 22.0. The Morgan fingerprint density at radius 1 is 1.19 bits per heavy atom. The van der Waals surface area contributed by atoms with Crippen LogP contribution in [0.2, 0.25) is 0 Å². The number of piperidine rings is 1. The van der Waals surface area contributed by atoms with Crippen molar-refractivity contribution in [1.29, 1.82) is 0 Å². The van der Waals surface area contributed by atoms with Crippen LogP contribution in [0.3, 0.4) is 0 Å². The van der Waals surface area contributed by atoms with Gasteiger partial charge in [-0.3, -0.25) is 19.5 Å². The molecule has 3 N–H and O–H groups in total. The Morgan fingerprint density at radius 3 is 2.72 bits per heavy atom. The standard InChI is InChI=1S/C23H24FN5O2S/c24-17-7-5-16(6-8-17)12-18-13-27-22(32-18)28-20(30)14-29-11-3-9-23(15-29,21(25)31)19-4-1-2-10-26-19/h1-2,4-8,10,13H,3,9,11-12,14-15H2,(H2,25,31)(H,27,28,30)/t23-/m1/s1. The molecule has 1 aliphatic heterocycles. The van der Waals surface area contributed by atoms with E-state index >= 15 is 0 Å². The number of likely N-dealkylation sites (tertiary alicyclic amines) is 1. The van der Waals surface area contributed by atoms with Gasteiger partial charge in [0.25, 0.3) is 0 Å². The molecule has 1 saturated heterocycles. The van der Waals surface area contributed by atoms with E-state index in [2.05, 4.69) is 15.3 Å². The van der Waals surface area contributed by atoms with Gasteiger partial charge in [0.1, 0.15) is 11.2 Å². The zero-order valence-electron chi connectivity index (χ0n) is 17.5. The molecule has 32 heavy (non-hydrogen) atoms. The molecule has 0 spiro atoms. The number of benzene rings is 1. The highest BCUT2D eigenvalue weighted by Crippen LogP contribution is 2.32. The van der Waals surface area contributed by atoms with E-state index in [-0.39, 0.29) is 18.3 Å². The zero-order valence-corrected chi connectivity index (χ0v) is 18.3. The molecule has 1 atom stereocenters. The molecular formula is C23H24FN5O2S. The third kappa shape index (κ3) is 5.00. The van der Waals surface area contributed by atoms with Crippen molar-refractivity contribution in [2.75, 3.05) is 25.0 Å². The van der Waals surface area contributed by atoms with Gasteiger partial charge in [-0.25, -0.2) is 9.37 Å². The maximum Gasteiger partial charge on any atom is 0.240 e. The average molecular weight is 454 g/mol. The fourth-order valence-corrected chi connectivity index (χ4v) is 4.94. The second-order valence-corrected chi connectivity index (χ2v) is 9.07. The van der Waals surface area contributed by atoms with Crippen LogP contribution < -0.4 is 11.1 Å². The van der Waals surface area contributed by atoms with Gasteiger partial charge in [0.2, 0.25) is 11.8 Å². The van der Waals surface area contributed by atoms with Gasteiger partial charge in [0.05, 0.1) is 12.2 Å². The topological polar surface area (TPSA) is 101 Å². The average Bonchev–Trinajstić information content (AvgIpc) is 3.22. The first-order valence-corrected chi connectivity index (χ1v) is 11.2. The molecule has 2 amide bonds. The molecule has 1 fully saturated rings. The minimum Gasteiger partial charge on any atom is -0.369 e. The minimum atomic E-state index is -0.900. The molecule has 1 aromatic carbocycles. The van der Waals surface area contributed by atoms with E-state index in [9.17, 15) is 14.0 Å². The van der Waals surface area contributed by atoms with Crippen LogP contribution in [-0.2, 0) is 21.4 Å². The maximum absolute atomic E-state index is 13.1. The number of rotatable bonds is 7. The molecule has 0 saturated carbocycles. The number of anilines is 1. The highest BCUT2D eigenvalue weighted by molar-refractivity contribution is 7.15. The van der Waals surface area contributed by atoms with Crippen LogP contribution in [0.4, 0.5) is 9.52 Å². The fraction of sp³-hybridized carbons (Fsp3) is 0.304. The summed E-state index contributed by atoms with van der Waals surface area (Å²) in [4.78, 5) is 36.6. The van der Waals surface area contributed by atoms with Crippen molar-refractivity contribution in [3.05, 3.63) is 76.8 Å². The fourth-order valence-electron chi connectivity index (χ4n) is 4.07. The number of primary amides is 1. The maximum atomic E-state index is 13.1. The third-order valence-corrected chi connectivity index (χ3v) is 6.57. The van der Waals surface area contributed by atoms with E-state index in [1.54, 1.807) is 30.6 Å². The van der Waals surface area contributed by atoms with Crippen LogP contribution in [0, 0.1) is 5.82 Å². The predicted octanol–water partition coefficient (Wildman–Crippen LogP) is 2.73. The first-order valence-electron chi connectivity index (χ1n) is 10.4. The van der Waals surface area contributed by atoms with Gasteiger partial charge >= 0.3 is 0 Å². The monoisotopic (exact) mass is 453 g/mol. The molecule has 2 aromatic heterocycles. The van der Waals surface area contributed by atoms with Gasteiger partial charge in [0, 0.05) is 30.2 Å². The van der Waals surface area contributed by atoms with E-state index in [1.165, 1.54) is 23.5 Å². The number of nitrogens with one attached hydrogen (secondary N) is 1. The summed E-state index contributed by atoms with van der Waals surface area (Å²) in [5, 5.41) is 3.35. The summed E-state index contributed by atoms with van der Waals surface area (Å²) < 4.78 is 13.1. The summed E-state index contributed by atoms with van der Waals surface area (Å²) in [7, 11) is 0. The lowest BCUT2D eigenvalue weighted by atomic mass is 9.76. The number of halogens is 1. The quantitative estimate of drug-likeness (QED) is 0.573. The van der Waals surface area contributed by atoms with E-state index < -0.39 is 11.3 Å². The van der Waals surface area contributed by atoms with Gasteiger partial charge in [-0.15, -0.1) is 11.3 Å². The number of carbonyl (C=O) groups excluding carboxylic acids is 2. The highest BCUT2D eigenvalue weighted by atomic mass is 32.1. The Balaban J connectivity index is 1.37. The van der Waals surface area contributed by atoms with Crippen LogP contribution >= 0.6 is 11.3 Å². The van der Waals surface area contributed by atoms with Crippen molar-refractivity contribution in [2.24, 2.45) is 5.73 Å². The summed E-state index contributed by atoms with van der Waals surface area (Å²) in [6.45, 7) is 1.18. The smallest absolute Gasteiger partial charge is 0.240 e. The van der Waals surface area contributed by atoms with Crippen LogP contribution in [0.1, 0.15) is 29.0 Å². The number of hydrogen-bond acceptors (Lipinski definition) is 6. The third-order valence-electron chi connectivity index (χ3n) is 5.66. The minimum absolute atomic E-state index is 0.134. The van der Waals surface area contributed by atoms with Gasteiger partial charge in [-0.2, -0.15) is 0 Å². The normalized spacial score (nSPS) is 18.9. The number of pyridine rings is 1. The van der Waals surface area contributed by atoms with Crippen LogP contribution in [-0.4, -0.2) is 46.3 Å². The van der Waals surface area contributed by atoms with Crippen LogP contribution in [0.15, 0.2) is 54.9 Å². The molecule has 3 aromatic rings. The number of nitrogens with two attached hydrogens (primary N) is 1. The molecule has 7 nitrogen and oxygen atoms in total. The van der Waals surface area contributed by atoms with Crippen LogP contribution in [0.25, 0.3) is 0 Å². The molecule has 3 heterocycles. The number of thiazole rings is 1. The Labute approximate surface area is 189 Å². The molecular weight excluding hydrogens is 429 g/mol. The summed E-state index contributed by atoms with van der Waals surface area (Å²) in [6.07, 6.45) is 5.33. The summed E-state index contributed by atoms with van der Waals surface area (Å²) in [5.74, 6) is -0.896. The van der Waals surface area contributed by atoms with Gasteiger partial charge < -0.3 is 11.1 Å². The summed E-state index contributed by atoms with van der Waals surface area (Å²) in [5.41, 5.74) is 6.50. The van der Waals surface area contributed by atoms with Crippen molar-refractivity contribution in [3.63, 3.8) is 0 Å². The molecule has 0 bridgehead atoms. The second kappa shape index (κ2) is 9.54. The Kier molecular flexibility index (Phi) is 6.57. The predicted molar refractivity (Wildman–Crippen MR) is 121 cm³/mol. The molecule has 1 aliphatic rings. The molecule has 9 heteroatoms. The molecule has 166 valence electrons. The van der Waals surface area contributed by atoms with Gasteiger partial charge in [0.15, 0.2) is 5.13 Å². The van der Waals surface area contributed by atoms with E-state index in [0.717, 1.165) is 16.9 Å². The Bertz CT molecular complexity index is 1090. The van der Waals surface area contributed by atoms with Gasteiger partial charge in [-0.1, -0.05) is 18.2 Å². The zero-order chi connectivity index (χ0) is 22.6. The van der Waals surface area contributed by atoms with Crippen molar-refractivity contribution in [2.45, 2.75) is 24.7 Å². The summed E-state index contributed by atoms with van der Waals surface area (Å²) in [6, 6.07) is 11.8. The Morgan fingerprint density at radius 2 is 2.00 bits per heavy atom. The lowest BCUT2D eigenvalue weighted by Crippen LogP contribution is -2.55. The lowest BCUT2D eigenvalue weighted by Gasteiger charge is -2.39. The number of hydrogen-bond donors (Lipinski definition) is 2. The van der Waals surface area contributed by atoms with E-state index in [0.29, 0.717) is 36.8 Å². The number of carbonyl (C=O) groups is 2. The molecule has 0 radical (unpaired) electrons. The van der Waals surface area contributed by atoms with Crippen molar-refractivity contribution in [1.82, 2.24) is 14.9 Å². The Hall–Kier alpha value is -3.17. The first-order chi connectivity index (χ1) is 15.4. The molecule has 4 rings (SSSR count). The number of aromatic nitrogens is 2. The molecule has 0 aliphatic carbocycles. The largest absolute Gasteiger partial charge is 0.369 e. The lowest BCUT2D eigenvalue weighted by molar-refractivity contribution is -0.127. The number of amides is 2. The van der Waals surface area contributed by atoms with E-state index in [1.807, 2.05) is 17.0 Å². The van der Waals surface area contributed by atoms with Gasteiger partial charge in [-0.05, 0) is 49.2 Å². The summed E-state index contributed by atoms with van der Waals surface area (Å²) >= 11 is 1.38. The molecule has 0 unspecified atom stereocenters. The van der Waals surface area contributed by atoms with Crippen LogP contribution in [0.5, 0.6) is 0 Å². The van der Waals surface area contributed by atoms with Crippen molar-refractivity contribution >= 4 is 28.3 Å². The SMILES string of the molecule is NC(=O)[C@]1(c2ccccn2)CCCN(CC(=O)Nc2ncc(Cc3ccc(F)cc3)s2)C1. The second-order valence-electron chi connectivity index (χ2n) is 7.96. The highest BCUT2D eigenvalue weighted by Gasteiger charge is 2.43.